The van der Waals surface area contributed by atoms with E-state index >= 15 is 0 Å². The summed E-state index contributed by atoms with van der Waals surface area (Å²) >= 11 is 0. The molecular formula is C10H13N3. The fourth-order valence-corrected chi connectivity index (χ4v) is 1.30. The smallest absolute Gasteiger partial charge is 0.0641 e. The zero-order chi connectivity index (χ0) is 9.84. The molecule has 0 spiro atoms. The summed E-state index contributed by atoms with van der Waals surface area (Å²) in [4.78, 5) is 4.29. The molecule has 68 valence electrons. The normalized spacial score (nSPS) is 12.2. The molecule has 0 unspecified atom stereocenters. The zero-order valence-electron chi connectivity index (χ0n) is 7.91. The van der Waals surface area contributed by atoms with Gasteiger partial charge in [-0.05, 0) is 25.5 Å². The number of nitrogens with two attached hydrogens (primary N) is 1. The number of hydrogen-bond acceptors (Lipinski definition) is 3. The zero-order valence-corrected chi connectivity index (χ0v) is 7.91. The molecule has 0 amide bonds. The van der Waals surface area contributed by atoms with Crippen molar-refractivity contribution >= 4 is 0 Å². The number of hydrogen-bond donors (Lipinski definition) is 1. The molecule has 1 aromatic heterocycles. The minimum atomic E-state index is -0.210. The van der Waals surface area contributed by atoms with Gasteiger partial charge in [0.05, 0.1) is 12.5 Å². The number of nitrogens with zero attached hydrogens (tertiary/aromatic N) is 2. The molecule has 0 radical (unpaired) electrons. The van der Waals surface area contributed by atoms with E-state index in [0.717, 1.165) is 17.0 Å². The molecule has 0 aliphatic carbocycles. The van der Waals surface area contributed by atoms with Crippen LogP contribution in [0.1, 0.15) is 29.4 Å². The fourth-order valence-electron chi connectivity index (χ4n) is 1.30. The topological polar surface area (TPSA) is 62.7 Å². The Morgan fingerprint density at radius 1 is 1.54 bits per heavy atom. The van der Waals surface area contributed by atoms with E-state index in [1.165, 1.54) is 0 Å². The van der Waals surface area contributed by atoms with E-state index in [9.17, 15) is 0 Å². The Labute approximate surface area is 78.2 Å². The SMILES string of the molecule is Cc1ccc([C@H](N)CC#N)c(C)n1. The maximum absolute atomic E-state index is 8.49. The third-order valence-electron chi connectivity index (χ3n) is 1.98. The second kappa shape index (κ2) is 4.01. The van der Waals surface area contributed by atoms with Gasteiger partial charge in [0, 0.05) is 17.4 Å². The van der Waals surface area contributed by atoms with Crippen LogP contribution in [0.25, 0.3) is 0 Å². The molecule has 0 fully saturated rings. The van der Waals surface area contributed by atoms with Gasteiger partial charge in [-0.1, -0.05) is 6.07 Å². The van der Waals surface area contributed by atoms with Gasteiger partial charge in [0.1, 0.15) is 0 Å². The Balaban J connectivity index is 2.96. The Morgan fingerprint density at radius 2 is 2.23 bits per heavy atom. The van der Waals surface area contributed by atoms with E-state index in [-0.39, 0.29) is 6.04 Å². The maximum atomic E-state index is 8.49. The molecule has 0 aliphatic rings. The molecular weight excluding hydrogens is 162 g/mol. The Morgan fingerprint density at radius 3 is 2.77 bits per heavy atom. The number of rotatable bonds is 2. The van der Waals surface area contributed by atoms with Crippen molar-refractivity contribution in [1.82, 2.24) is 4.98 Å². The van der Waals surface area contributed by atoms with Crippen LogP contribution >= 0.6 is 0 Å². The molecule has 1 heterocycles. The summed E-state index contributed by atoms with van der Waals surface area (Å²) in [5, 5.41) is 8.49. The lowest BCUT2D eigenvalue weighted by atomic mass is 10.0. The molecule has 0 saturated heterocycles. The Kier molecular flexibility index (Phi) is 2.99. The van der Waals surface area contributed by atoms with Crippen molar-refractivity contribution in [2.24, 2.45) is 5.73 Å². The number of nitriles is 1. The standard InChI is InChI=1S/C10H13N3/c1-7-3-4-9(8(2)13-7)10(12)5-6-11/h3-4,10H,5,12H2,1-2H3/t10-/m1/s1. The molecule has 0 aliphatic heterocycles. The first-order chi connectivity index (χ1) is 6.15. The second-order valence-corrected chi connectivity index (χ2v) is 3.10. The molecule has 0 saturated carbocycles. The first-order valence-electron chi connectivity index (χ1n) is 4.22. The summed E-state index contributed by atoms with van der Waals surface area (Å²) in [5.41, 5.74) is 8.66. The Bertz CT molecular complexity index is 339. The van der Waals surface area contributed by atoms with Gasteiger partial charge in [0.15, 0.2) is 0 Å². The van der Waals surface area contributed by atoms with E-state index in [1.807, 2.05) is 26.0 Å². The highest BCUT2D eigenvalue weighted by atomic mass is 14.7. The first-order valence-corrected chi connectivity index (χ1v) is 4.22. The van der Waals surface area contributed by atoms with Gasteiger partial charge in [-0.2, -0.15) is 5.26 Å². The van der Waals surface area contributed by atoms with Crippen LogP contribution in [-0.2, 0) is 0 Å². The van der Waals surface area contributed by atoms with E-state index in [1.54, 1.807) is 0 Å². The minimum absolute atomic E-state index is 0.210. The van der Waals surface area contributed by atoms with Crippen molar-refractivity contribution in [2.45, 2.75) is 26.3 Å². The molecule has 1 rings (SSSR count). The lowest BCUT2D eigenvalue weighted by Gasteiger charge is -2.10. The third kappa shape index (κ3) is 2.27. The van der Waals surface area contributed by atoms with Gasteiger partial charge in [0.2, 0.25) is 0 Å². The number of pyridine rings is 1. The van der Waals surface area contributed by atoms with E-state index in [4.69, 9.17) is 11.0 Å². The van der Waals surface area contributed by atoms with Gasteiger partial charge in [-0.3, -0.25) is 4.98 Å². The highest BCUT2D eigenvalue weighted by molar-refractivity contribution is 5.25. The molecule has 1 atom stereocenters. The van der Waals surface area contributed by atoms with Gasteiger partial charge in [-0.25, -0.2) is 0 Å². The van der Waals surface area contributed by atoms with Crippen LogP contribution < -0.4 is 5.73 Å². The van der Waals surface area contributed by atoms with E-state index in [2.05, 4.69) is 11.1 Å². The van der Waals surface area contributed by atoms with Gasteiger partial charge in [-0.15, -0.1) is 0 Å². The van der Waals surface area contributed by atoms with Crippen LogP contribution in [0.5, 0.6) is 0 Å². The highest BCUT2D eigenvalue weighted by Gasteiger charge is 2.08. The van der Waals surface area contributed by atoms with E-state index in [0.29, 0.717) is 6.42 Å². The monoisotopic (exact) mass is 175 g/mol. The average molecular weight is 175 g/mol. The van der Waals surface area contributed by atoms with Crippen LogP contribution in [-0.4, -0.2) is 4.98 Å². The number of aromatic nitrogens is 1. The fraction of sp³-hybridized carbons (Fsp3) is 0.400. The molecule has 3 heteroatoms. The minimum Gasteiger partial charge on any atom is -0.323 e. The largest absolute Gasteiger partial charge is 0.323 e. The van der Waals surface area contributed by atoms with Crippen LogP contribution in [0.2, 0.25) is 0 Å². The molecule has 3 nitrogen and oxygen atoms in total. The predicted octanol–water partition coefficient (Wildman–Crippen LogP) is 1.61. The van der Waals surface area contributed by atoms with Crippen molar-refractivity contribution < 1.29 is 0 Å². The Hall–Kier alpha value is -1.40. The first kappa shape index (κ1) is 9.69. The quantitative estimate of drug-likeness (QED) is 0.742. The van der Waals surface area contributed by atoms with E-state index < -0.39 is 0 Å². The molecule has 13 heavy (non-hydrogen) atoms. The third-order valence-corrected chi connectivity index (χ3v) is 1.98. The van der Waals surface area contributed by atoms with Crippen molar-refractivity contribution in [3.05, 3.63) is 29.1 Å². The number of aryl methyl sites for hydroxylation is 2. The summed E-state index contributed by atoms with van der Waals surface area (Å²) in [6.45, 7) is 3.85. The lowest BCUT2D eigenvalue weighted by Crippen LogP contribution is -2.11. The summed E-state index contributed by atoms with van der Waals surface area (Å²) in [5.74, 6) is 0. The van der Waals surface area contributed by atoms with Gasteiger partial charge < -0.3 is 5.73 Å². The van der Waals surface area contributed by atoms with Gasteiger partial charge in [0.25, 0.3) is 0 Å². The predicted molar refractivity (Wildman–Crippen MR) is 50.9 cm³/mol. The van der Waals surface area contributed by atoms with Crippen molar-refractivity contribution in [3.8, 4) is 6.07 Å². The molecule has 2 N–H and O–H groups in total. The molecule has 0 bridgehead atoms. The molecule has 0 aromatic carbocycles. The summed E-state index contributed by atoms with van der Waals surface area (Å²) in [7, 11) is 0. The summed E-state index contributed by atoms with van der Waals surface area (Å²) in [6, 6.07) is 5.71. The summed E-state index contributed by atoms with van der Waals surface area (Å²) < 4.78 is 0. The van der Waals surface area contributed by atoms with Gasteiger partial charge >= 0.3 is 0 Å². The summed E-state index contributed by atoms with van der Waals surface area (Å²) in [6.07, 6.45) is 0.339. The average Bonchev–Trinajstić information content (AvgIpc) is 2.04. The van der Waals surface area contributed by atoms with Crippen LogP contribution in [0.15, 0.2) is 12.1 Å². The van der Waals surface area contributed by atoms with Crippen LogP contribution in [0.3, 0.4) is 0 Å². The van der Waals surface area contributed by atoms with Crippen molar-refractivity contribution in [1.29, 1.82) is 5.26 Å². The molecule has 1 aromatic rings. The second-order valence-electron chi connectivity index (χ2n) is 3.10. The van der Waals surface area contributed by atoms with Crippen LogP contribution in [0.4, 0.5) is 0 Å². The maximum Gasteiger partial charge on any atom is 0.0641 e. The lowest BCUT2D eigenvalue weighted by molar-refractivity contribution is 0.734. The highest BCUT2D eigenvalue weighted by Crippen LogP contribution is 2.16. The van der Waals surface area contributed by atoms with Crippen molar-refractivity contribution in [2.75, 3.05) is 0 Å². The van der Waals surface area contributed by atoms with Crippen LogP contribution in [0, 0.1) is 25.2 Å². The van der Waals surface area contributed by atoms with Crippen molar-refractivity contribution in [3.63, 3.8) is 0 Å².